The van der Waals surface area contributed by atoms with Gasteiger partial charge in [-0.1, -0.05) is 72.0 Å². The maximum absolute atomic E-state index is 13.3. The maximum Gasteiger partial charge on any atom is 0.270 e. The largest absolute Gasteiger partial charge is 0.490 e. The van der Waals surface area contributed by atoms with E-state index < -0.39 is 0 Å². The number of ether oxygens (including phenoxy) is 2. The molecule has 3 aromatic rings. The number of rotatable bonds is 7. The van der Waals surface area contributed by atoms with Crippen molar-refractivity contribution in [1.82, 2.24) is 0 Å². The minimum Gasteiger partial charge on any atom is -0.490 e. The number of amides is 1. The number of hydrogen-bond donors (Lipinski definition) is 0. The van der Waals surface area contributed by atoms with E-state index in [9.17, 15) is 4.79 Å². The van der Waals surface area contributed by atoms with Crippen LogP contribution in [0.4, 0.5) is 5.69 Å². The summed E-state index contributed by atoms with van der Waals surface area (Å²) in [5, 5.41) is 0. The summed E-state index contributed by atoms with van der Waals surface area (Å²) in [6, 6.07) is 19.9. The van der Waals surface area contributed by atoms with Gasteiger partial charge in [0.25, 0.3) is 5.91 Å². The molecule has 7 heteroatoms. The summed E-state index contributed by atoms with van der Waals surface area (Å²) < 4.78 is 13.4. The Morgan fingerprint density at radius 1 is 1.06 bits per heavy atom. The summed E-state index contributed by atoms with van der Waals surface area (Å²) in [5.74, 6) is 1.24. The number of anilines is 1. The van der Waals surface area contributed by atoms with Crippen molar-refractivity contribution in [2.24, 2.45) is 0 Å². The van der Waals surface area contributed by atoms with Gasteiger partial charge in [0, 0.05) is 0 Å². The summed E-state index contributed by atoms with van der Waals surface area (Å²) in [5.41, 5.74) is 4.94. The first-order valence-electron chi connectivity index (χ1n) is 10.9. The summed E-state index contributed by atoms with van der Waals surface area (Å²) >= 11 is 9.13. The zero-order valence-electron chi connectivity index (χ0n) is 19.1. The van der Waals surface area contributed by atoms with Crippen molar-refractivity contribution in [2.75, 3.05) is 11.5 Å². The zero-order chi connectivity index (χ0) is 24.2. The molecule has 174 valence electrons. The molecule has 1 aliphatic rings. The Balaban J connectivity index is 1.62. The molecule has 0 saturated carbocycles. The molecule has 1 saturated heterocycles. The lowest BCUT2D eigenvalue weighted by Gasteiger charge is -2.17. The number of hydrogen-bond acceptors (Lipinski definition) is 5. The molecule has 4 rings (SSSR count). The van der Waals surface area contributed by atoms with Crippen molar-refractivity contribution >= 4 is 68.6 Å². The summed E-state index contributed by atoms with van der Waals surface area (Å²) in [7, 11) is 0. The SMILES string of the molecule is CCOc1cc(/C=C2\SC(=S)N(c3ccc(C)cc3C)C2=O)cc(I)c1OCc1ccccc1. The molecule has 0 radical (unpaired) electrons. The van der Waals surface area contributed by atoms with Gasteiger partial charge in [-0.05, 0) is 84.3 Å². The number of halogens is 1. The highest BCUT2D eigenvalue weighted by Crippen LogP contribution is 2.40. The lowest BCUT2D eigenvalue weighted by molar-refractivity contribution is -0.113. The number of carbonyl (C=O) groups is 1. The Kier molecular flexibility index (Phi) is 7.95. The second-order valence-electron chi connectivity index (χ2n) is 7.84. The third-order valence-electron chi connectivity index (χ3n) is 5.24. The molecule has 0 spiro atoms. The first kappa shape index (κ1) is 24.8. The van der Waals surface area contributed by atoms with Gasteiger partial charge in [0.05, 0.1) is 20.8 Å². The van der Waals surface area contributed by atoms with E-state index in [4.69, 9.17) is 21.7 Å². The first-order valence-corrected chi connectivity index (χ1v) is 13.2. The van der Waals surface area contributed by atoms with Gasteiger partial charge < -0.3 is 9.47 Å². The lowest BCUT2D eigenvalue weighted by Crippen LogP contribution is -2.28. The van der Waals surface area contributed by atoms with E-state index >= 15 is 0 Å². The van der Waals surface area contributed by atoms with E-state index in [2.05, 4.69) is 28.7 Å². The highest BCUT2D eigenvalue weighted by atomic mass is 127. The van der Waals surface area contributed by atoms with Crippen molar-refractivity contribution in [3.8, 4) is 11.5 Å². The van der Waals surface area contributed by atoms with E-state index in [1.54, 1.807) is 4.90 Å². The number of benzene rings is 3. The number of thiocarbonyl (C=S) groups is 1. The smallest absolute Gasteiger partial charge is 0.270 e. The van der Waals surface area contributed by atoms with Crippen molar-refractivity contribution in [2.45, 2.75) is 27.4 Å². The van der Waals surface area contributed by atoms with Crippen LogP contribution >= 0.6 is 46.6 Å². The summed E-state index contributed by atoms with van der Waals surface area (Å²) in [6.45, 7) is 6.93. The molecule has 34 heavy (non-hydrogen) atoms. The Hall–Kier alpha value is -2.36. The highest BCUT2D eigenvalue weighted by molar-refractivity contribution is 14.1. The maximum atomic E-state index is 13.3. The predicted octanol–water partition coefficient (Wildman–Crippen LogP) is 7.29. The van der Waals surface area contributed by atoms with Crippen LogP contribution < -0.4 is 14.4 Å². The number of nitrogens with zero attached hydrogens (tertiary/aromatic N) is 1. The average Bonchev–Trinajstić information content (AvgIpc) is 3.07. The number of thioether (sulfide) groups is 1. The molecule has 1 aliphatic heterocycles. The molecule has 0 aliphatic carbocycles. The van der Waals surface area contributed by atoms with Gasteiger partial charge in [0.15, 0.2) is 15.8 Å². The molecule has 1 fully saturated rings. The zero-order valence-corrected chi connectivity index (χ0v) is 22.9. The molecule has 4 nitrogen and oxygen atoms in total. The van der Waals surface area contributed by atoms with Gasteiger partial charge in [0.1, 0.15) is 6.61 Å². The Bertz CT molecular complexity index is 1270. The molecule has 3 aromatic carbocycles. The van der Waals surface area contributed by atoms with Crippen LogP contribution in [0.5, 0.6) is 11.5 Å². The molecule has 0 aromatic heterocycles. The molecule has 0 atom stereocenters. The quantitative estimate of drug-likeness (QED) is 0.162. The topological polar surface area (TPSA) is 38.8 Å². The minimum atomic E-state index is -0.112. The van der Waals surface area contributed by atoms with Crippen LogP contribution in [0.3, 0.4) is 0 Å². The molecule has 0 N–H and O–H groups in total. The monoisotopic (exact) mass is 601 g/mol. The fraction of sp³-hybridized carbons (Fsp3) is 0.185. The lowest BCUT2D eigenvalue weighted by atomic mass is 10.1. The van der Waals surface area contributed by atoms with Gasteiger partial charge in [-0.3, -0.25) is 9.69 Å². The Labute approximate surface area is 223 Å². The van der Waals surface area contributed by atoms with Crippen LogP contribution in [0.1, 0.15) is 29.2 Å². The van der Waals surface area contributed by atoms with Crippen molar-refractivity contribution in [3.05, 3.63) is 91.4 Å². The van der Waals surface area contributed by atoms with Crippen LogP contribution in [-0.4, -0.2) is 16.8 Å². The van der Waals surface area contributed by atoms with Crippen LogP contribution in [0.2, 0.25) is 0 Å². The summed E-state index contributed by atoms with van der Waals surface area (Å²) in [6.07, 6.45) is 1.87. The average molecular weight is 602 g/mol. The van der Waals surface area contributed by atoms with Gasteiger partial charge in [-0.15, -0.1) is 0 Å². The van der Waals surface area contributed by atoms with Crippen LogP contribution in [-0.2, 0) is 11.4 Å². The molecular weight excluding hydrogens is 577 g/mol. The van der Waals surface area contributed by atoms with Crippen molar-refractivity contribution < 1.29 is 14.3 Å². The van der Waals surface area contributed by atoms with E-state index in [-0.39, 0.29) is 5.91 Å². The number of aryl methyl sites for hydroxylation is 2. The molecule has 1 heterocycles. The van der Waals surface area contributed by atoms with E-state index in [0.29, 0.717) is 33.9 Å². The van der Waals surface area contributed by atoms with Crippen LogP contribution in [0.15, 0.2) is 65.6 Å². The van der Waals surface area contributed by atoms with Crippen LogP contribution in [0.25, 0.3) is 6.08 Å². The first-order chi connectivity index (χ1) is 16.4. The third kappa shape index (κ3) is 5.47. The van der Waals surface area contributed by atoms with Gasteiger partial charge in [-0.2, -0.15) is 0 Å². The van der Waals surface area contributed by atoms with Gasteiger partial charge in [-0.25, -0.2) is 0 Å². The summed E-state index contributed by atoms with van der Waals surface area (Å²) in [4.78, 5) is 15.5. The van der Waals surface area contributed by atoms with E-state index in [0.717, 1.165) is 31.5 Å². The third-order valence-corrected chi connectivity index (χ3v) is 7.35. The minimum absolute atomic E-state index is 0.112. The van der Waals surface area contributed by atoms with E-state index in [1.165, 1.54) is 11.8 Å². The molecular formula is C27H24INO3S2. The predicted molar refractivity (Wildman–Crippen MR) is 153 cm³/mol. The highest BCUT2D eigenvalue weighted by Gasteiger charge is 2.34. The van der Waals surface area contributed by atoms with Gasteiger partial charge in [0.2, 0.25) is 0 Å². The van der Waals surface area contributed by atoms with Crippen LogP contribution in [0, 0.1) is 17.4 Å². The van der Waals surface area contributed by atoms with E-state index in [1.807, 2.05) is 81.4 Å². The second kappa shape index (κ2) is 10.9. The fourth-order valence-electron chi connectivity index (χ4n) is 3.69. The standard InChI is InChI=1S/C27H24INO3S2/c1-4-31-23-14-20(13-21(28)25(23)32-16-19-8-6-5-7-9-19)15-24-26(30)29(27(33)34-24)22-11-10-17(2)12-18(22)3/h5-15H,4,16H2,1-3H3/b24-15-. The Morgan fingerprint density at radius 3 is 2.53 bits per heavy atom. The van der Waals surface area contributed by atoms with Crippen molar-refractivity contribution in [3.63, 3.8) is 0 Å². The molecule has 0 unspecified atom stereocenters. The second-order valence-corrected chi connectivity index (χ2v) is 10.7. The Morgan fingerprint density at radius 2 is 1.82 bits per heavy atom. The normalized spacial score (nSPS) is 14.7. The van der Waals surface area contributed by atoms with Gasteiger partial charge >= 0.3 is 0 Å². The molecule has 0 bridgehead atoms. The fourth-order valence-corrected chi connectivity index (χ4v) is 5.75. The molecule has 1 amide bonds. The number of carbonyl (C=O) groups excluding carboxylic acids is 1. The van der Waals surface area contributed by atoms with Crippen molar-refractivity contribution in [1.29, 1.82) is 0 Å².